The minimum atomic E-state index is 0.0103. The Hall–Kier alpha value is -2.76. The van der Waals surface area contributed by atoms with Gasteiger partial charge in [0.2, 0.25) is 5.91 Å². The van der Waals surface area contributed by atoms with Crippen LogP contribution in [0.5, 0.6) is 5.75 Å². The Kier molecular flexibility index (Phi) is 6.16. The fourth-order valence-electron chi connectivity index (χ4n) is 3.57. The van der Waals surface area contributed by atoms with E-state index >= 15 is 0 Å². The van der Waals surface area contributed by atoms with Crippen molar-refractivity contribution in [3.63, 3.8) is 0 Å². The van der Waals surface area contributed by atoms with Crippen molar-refractivity contribution >= 4 is 17.5 Å². The lowest BCUT2D eigenvalue weighted by Gasteiger charge is -2.32. The highest BCUT2D eigenvalue weighted by Gasteiger charge is 2.25. The summed E-state index contributed by atoms with van der Waals surface area (Å²) in [7, 11) is 1.63. The first-order valence-electron chi connectivity index (χ1n) is 9.44. The van der Waals surface area contributed by atoms with Gasteiger partial charge in [-0.1, -0.05) is 0 Å². The lowest BCUT2D eigenvalue weighted by molar-refractivity contribution is -0.116. The van der Waals surface area contributed by atoms with E-state index in [0.717, 1.165) is 42.8 Å². The van der Waals surface area contributed by atoms with E-state index in [1.807, 2.05) is 36.1 Å². The molecular formula is C21H27N3O3. The van der Waals surface area contributed by atoms with Crippen LogP contribution in [-0.2, 0) is 4.79 Å². The number of aromatic amines is 1. The average molecular weight is 369 g/mol. The number of rotatable bonds is 6. The third-order valence-electron chi connectivity index (χ3n) is 5.12. The van der Waals surface area contributed by atoms with E-state index in [1.165, 1.54) is 0 Å². The summed E-state index contributed by atoms with van der Waals surface area (Å²) in [5.74, 6) is 1.19. The Morgan fingerprint density at radius 2 is 2.19 bits per heavy atom. The number of benzene rings is 1. The number of anilines is 1. The number of nitrogens with zero attached hydrogens (tertiary/aromatic N) is 1. The van der Waals surface area contributed by atoms with E-state index in [4.69, 9.17) is 4.74 Å². The highest BCUT2D eigenvalue weighted by Crippen LogP contribution is 2.24. The molecule has 1 saturated heterocycles. The summed E-state index contributed by atoms with van der Waals surface area (Å²) in [6.45, 7) is 3.45. The first kappa shape index (κ1) is 19.0. The van der Waals surface area contributed by atoms with Crippen molar-refractivity contribution in [2.45, 2.75) is 32.6 Å². The van der Waals surface area contributed by atoms with E-state index in [0.29, 0.717) is 24.6 Å². The van der Waals surface area contributed by atoms with E-state index in [-0.39, 0.29) is 11.8 Å². The standard InChI is InChI=1S/C21H27N3O3/c1-15-13-17(27-2)8-9-18(15)23-20(25)10-7-16-5-4-12-24(14-16)21(26)19-6-3-11-22-19/h3,6,8-9,11,13,16,22H,4-5,7,10,12,14H2,1-2H3,(H,23,25). The summed E-state index contributed by atoms with van der Waals surface area (Å²) in [5.41, 5.74) is 2.42. The molecule has 0 bridgehead atoms. The zero-order valence-corrected chi connectivity index (χ0v) is 16.0. The fourth-order valence-corrected chi connectivity index (χ4v) is 3.57. The van der Waals surface area contributed by atoms with Gasteiger partial charge in [0.1, 0.15) is 11.4 Å². The number of hydrogen-bond donors (Lipinski definition) is 2. The van der Waals surface area contributed by atoms with Crippen LogP contribution in [0.1, 0.15) is 41.7 Å². The molecule has 1 atom stereocenters. The van der Waals surface area contributed by atoms with Crippen molar-refractivity contribution in [3.05, 3.63) is 47.8 Å². The van der Waals surface area contributed by atoms with Gasteiger partial charge in [0.05, 0.1) is 7.11 Å². The van der Waals surface area contributed by atoms with Crippen LogP contribution >= 0.6 is 0 Å². The zero-order chi connectivity index (χ0) is 19.2. The van der Waals surface area contributed by atoms with Gasteiger partial charge >= 0.3 is 0 Å². The van der Waals surface area contributed by atoms with Crippen molar-refractivity contribution in [3.8, 4) is 5.75 Å². The molecule has 1 fully saturated rings. The summed E-state index contributed by atoms with van der Waals surface area (Å²) in [4.78, 5) is 29.7. The average Bonchev–Trinajstić information content (AvgIpc) is 3.22. The van der Waals surface area contributed by atoms with Crippen LogP contribution in [-0.4, -0.2) is 41.9 Å². The molecule has 0 aliphatic carbocycles. The van der Waals surface area contributed by atoms with Crippen molar-refractivity contribution in [2.75, 3.05) is 25.5 Å². The van der Waals surface area contributed by atoms with E-state index in [2.05, 4.69) is 10.3 Å². The first-order chi connectivity index (χ1) is 13.1. The smallest absolute Gasteiger partial charge is 0.270 e. The van der Waals surface area contributed by atoms with E-state index in [1.54, 1.807) is 19.4 Å². The molecule has 27 heavy (non-hydrogen) atoms. The number of likely N-dealkylation sites (tertiary alicyclic amines) is 1. The topological polar surface area (TPSA) is 74.4 Å². The number of carbonyl (C=O) groups is 2. The third kappa shape index (κ3) is 4.90. The molecule has 1 unspecified atom stereocenters. The molecule has 6 heteroatoms. The monoisotopic (exact) mass is 369 g/mol. The molecule has 1 aromatic carbocycles. The zero-order valence-electron chi connectivity index (χ0n) is 16.0. The number of aromatic nitrogens is 1. The van der Waals surface area contributed by atoms with Crippen LogP contribution in [0.3, 0.4) is 0 Å². The van der Waals surface area contributed by atoms with Gasteiger partial charge in [0.25, 0.3) is 5.91 Å². The largest absolute Gasteiger partial charge is 0.497 e. The van der Waals surface area contributed by atoms with Crippen molar-refractivity contribution in [2.24, 2.45) is 5.92 Å². The van der Waals surface area contributed by atoms with Crippen LogP contribution in [0.25, 0.3) is 0 Å². The second-order valence-corrected chi connectivity index (χ2v) is 7.11. The number of piperidine rings is 1. The summed E-state index contributed by atoms with van der Waals surface area (Å²) >= 11 is 0. The number of nitrogens with one attached hydrogen (secondary N) is 2. The predicted molar refractivity (Wildman–Crippen MR) is 105 cm³/mol. The molecule has 144 valence electrons. The van der Waals surface area contributed by atoms with Crippen LogP contribution in [0.15, 0.2) is 36.5 Å². The minimum Gasteiger partial charge on any atom is -0.497 e. The van der Waals surface area contributed by atoms with Gasteiger partial charge in [-0.2, -0.15) is 0 Å². The van der Waals surface area contributed by atoms with Crippen molar-refractivity contribution in [1.82, 2.24) is 9.88 Å². The quantitative estimate of drug-likeness (QED) is 0.817. The number of methoxy groups -OCH3 is 1. The van der Waals surface area contributed by atoms with E-state index in [9.17, 15) is 9.59 Å². The summed E-state index contributed by atoms with van der Waals surface area (Å²) in [5, 5.41) is 2.98. The van der Waals surface area contributed by atoms with Gasteiger partial charge < -0.3 is 19.9 Å². The van der Waals surface area contributed by atoms with Gasteiger partial charge in [0, 0.05) is 31.4 Å². The Labute approximate surface area is 159 Å². The van der Waals surface area contributed by atoms with Gasteiger partial charge in [-0.05, 0) is 68.0 Å². The normalized spacial score (nSPS) is 16.8. The van der Waals surface area contributed by atoms with Gasteiger partial charge in [0.15, 0.2) is 0 Å². The molecule has 0 radical (unpaired) electrons. The Balaban J connectivity index is 1.49. The number of hydrogen-bond acceptors (Lipinski definition) is 3. The molecule has 2 amide bonds. The number of carbonyl (C=O) groups excluding carboxylic acids is 2. The molecule has 1 aliphatic heterocycles. The molecule has 0 spiro atoms. The maximum atomic E-state index is 12.5. The Bertz CT molecular complexity index is 786. The van der Waals surface area contributed by atoms with E-state index < -0.39 is 0 Å². The molecule has 0 saturated carbocycles. The molecule has 2 N–H and O–H groups in total. The lowest BCUT2D eigenvalue weighted by Crippen LogP contribution is -2.40. The summed E-state index contributed by atoms with van der Waals surface area (Å²) < 4.78 is 5.19. The second kappa shape index (κ2) is 8.75. The first-order valence-corrected chi connectivity index (χ1v) is 9.44. The number of amides is 2. The van der Waals surface area contributed by atoms with Crippen LogP contribution < -0.4 is 10.1 Å². The molecule has 2 aromatic rings. The predicted octanol–water partition coefficient (Wildman–Crippen LogP) is 3.60. The van der Waals surface area contributed by atoms with Gasteiger partial charge in [-0.15, -0.1) is 0 Å². The van der Waals surface area contributed by atoms with Crippen LogP contribution in [0, 0.1) is 12.8 Å². The van der Waals surface area contributed by atoms with Crippen LogP contribution in [0.4, 0.5) is 5.69 Å². The molecule has 6 nitrogen and oxygen atoms in total. The molecule has 3 rings (SSSR count). The molecular weight excluding hydrogens is 342 g/mol. The number of aryl methyl sites for hydroxylation is 1. The van der Waals surface area contributed by atoms with Gasteiger partial charge in [-0.25, -0.2) is 0 Å². The third-order valence-corrected chi connectivity index (χ3v) is 5.12. The maximum absolute atomic E-state index is 12.5. The highest BCUT2D eigenvalue weighted by molar-refractivity contribution is 5.92. The molecule has 2 heterocycles. The van der Waals surface area contributed by atoms with Crippen LogP contribution in [0.2, 0.25) is 0 Å². The lowest BCUT2D eigenvalue weighted by atomic mass is 9.93. The Morgan fingerprint density at radius 3 is 2.89 bits per heavy atom. The number of H-pyrrole nitrogens is 1. The van der Waals surface area contributed by atoms with Crippen molar-refractivity contribution in [1.29, 1.82) is 0 Å². The SMILES string of the molecule is COc1ccc(NC(=O)CCC2CCCN(C(=O)c3ccc[nH]3)C2)c(C)c1. The van der Waals surface area contributed by atoms with Crippen molar-refractivity contribution < 1.29 is 14.3 Å². The Morgan fingerprint density at radius 1 is 1.33 bits per heavy atom. The van der Waals surface area contributed by atoms with Gasteiger partial charge in [-0.3, -0.25) is 9.59 Å². The number of ether oxygens (including phenoxy) is 1. The highest BCUT2D eigenvalue weighted by atomic mass is 16.5. The summed E-state index contributed by atoms with van der Waals surface area (Å²) in [6, 6.07) is 9.24. The second-order valence-electron chi connectivity index (χ2n) is 7.11. The summed E-state index contributed by atoms with van der Waals surface area (Å²) in [6.07, 6.45) is 5.05. The minimum absolute atomic E-state index is 0.0103. The fraction of sp³-hybridized carbons (Fsp3) is 0.429. The molecule has 1 aromatic heterocycles. The molecule has 1 aliphatic rings. The maximum Gasteiger partial charge on any atom is 0.270 e.